The molecule has 0 aliphatic carbocycles. The van der Waals surface area contributed by atoms with Crippen LogP contribution in [0.4, 0.5) is 4.39 Å². The number of halogens is 1. The van der Waals surface area contributed by atoms with Gasteiger partial charge in [0.1, 0.15) is 5.82 Å². The molecule has 0 fully saturated rings. The Morgan fingerprint density at radius 2 is 1.82 bits per heavy atom. The number of fused-ring (bicyclic) bond motifs is 1. The minimum absolute atomic E-state index is 0.0242. The van der Waals surface area contributed by atoms with Crippen molar-refractivity contribution in [3.8, 4) is 0 Å². The molecule has 0 heterocycles. The van der Waals surface area contributed by atoms with E-state index in [1.54, 1.807) is 24.3 Å². The quantitative estimate of drug-likeness (QED) is 0.722. The Hall–Kier alpha value is -1.70. The first-order valence-corrected chi connectivity index (χ1v) is 5.86. The van der Waals surface area contributed by atoms with Crippen LogP contribution in [0.15, 0.2) is 36.4 Å². The molecule has 0 saturated carbocycles. The predicted octanol–water partition coefficient (Wildman–Crippen LogP) is 4.21. The summed E-state index contributed by atoms with van der Waals surface area (Å²) in [5.74, 6) is -0.214. The van der Waals surface area contributed by atoms with Crippen LogP contribution in [0.3, 0.4) is 0 Å². The van der Waals surface area contributed by atoms with E-state index < -0.39 is 0 Å². The van der Waals surface area contributed by atoms with Gasteiger partial charge in [-0.3, -0.25) is 4.79 Å². The van der Waals surface area contributed by atoms with Crippen LogP contribution in [0.1, 0.15) is 30.6 Å². The third kappa shape index (κ3) is 2.07. The van der Waals surface area contributed by atoms with Gasteiger partial charge in [0.2, 0.25) is 0 Å². The van der Waals surface area contributed by atoms with Gasteiger partial charge < -0.3 is 0 Å². The average molecular weight is 230 g/mol. The molecule has 2 aromatic carbocycles. The SMILES string of the molecule is CCC(C)C(=O)c1ccc(F)c2ccccc12. The third-order valence-electron chi connectivity index (χ3n) is 3.20. The summed E-state index contributed by atoms with van der Waals surface area (Å²) in [5, 5.41) is 1.22. The van der Waals surface area contributed by atoms with Gasteiger partial charge in [-0.15, -0.1) is 0 Å². The number of ketones is 1. The Balaban J connectivity index is 2.63. The standard InChI is InChI=1S/C15H15FO/c1-3-10(2)15(17)13-8-9-14(16)12-7-5-4-6-11(12)13/h4-10H,3H2,1-2H3. The summed E-state index contributed by atoms with van der Waals surface area (Å²) in [6, 6.07) is 10.1. The molecule has 0 radical (unpaired) electrons. The molecule has 1 nitrogen and oxygen atoms in total. The minimum Gasteiger partial charge on any atom is -0.294 e. The zero-order valence-corrected chi connectivity index (χ0v) is 10.0. The Bertz CT molecular complexity index is 560. The lowest BCUT2D eigenvalue weighted by molar-refractivity contribution is 0.0929. The zero-order chi connectivity index (χ0) is 12.4. The largest absolute Gasteiger partial charge is 0.294 e. The van der Waals surface area contributed by atoms with E-state index in [0.29, 0.717) is 16.3 Å². The Morgan fingerprint density at radius 1 is 1.18 bits per heavy atom. The predicted molar refractivity (Wildman–Crippen MR) is 67.7 cm³/mol. The van der Waals surface area contributed by atoms with E-state index in [1.807, 2.05) is 19.9 Å². The number of hydrogen-bond donors (Lipinski definition) is 0. The number of Topliss-reactive ketones (excluding diaryl/α,β-unsaturated/α-hetero) is 1. The van der Waals surface area contributed by atoms with Crippen molar-refractivity contribution in [1.82, 2.24) is 0 Å². The van der Waals surface area contributed by atoms with E-state index in [-0.39, 0.29) is 17.5 Å². The molecule has 1 atom stereocenters. The third-order valence-corrected chi connectivity index (χ3v) is 3.20. The molecule has 0 bridgehead atoms. The van der Waals surface area contributed by atoms with E-state index in [9.17, 15) is 9.18 Å². The molecule has 1 unspecified atom stereocenters. The second kappa shape index (κ2) is 4.66. The number of benzene rings is 2. The Kier molecular flexibility index (Phi) is 3.23. The van der Waals surface area contributed by atoms with Crippen LogP contribution in [0.2, 0.25) is 0 Å². The second-order valence-corrected chi connectivity index (χ2v) is 4.31. The number of hydrogen-bond acceptors (Lipinski definition) is 1. The maximum atomic E-state index is 13.6. The monoisotopic (exact) mass is 230 g/mol. The van der Waals surface area contributed by atoms with Crippen LogP contribution in [-0.2, 0) is 0 Å². The van der Waals surface area contributed by atoms with Crippen molar-refractivity contribution >= 4 is 16.6 Å². The van der Waals surface area contributed by atoms with Crippen molar-refractivity contribution in [3.63, 3.8) is 0 Å². The highest BCUT2D eigenvalue weighted by atomic mass is 19.1. The zero-order valence-electron chi connectivity index (χ0n) is 10.0. The van der Waals surface area contributed by atoms with Crippen LogP contribution in [0.25, 0.3) is 10.8 Å². The topological polar surface area (TPSA) is 17.1 Å². The molecule has 88 valence electrons. The van der Waals surface area contributed by atoms with Gasteiger partial charge in [0, 0.05) is 16.9 Å². The first kappa shape index (κ1) is 11.8. The molecular weight excluding hydrogens is 215 g/mol. The maximum Gasteiger partial charge on any atom is 0.166 e. The highest BCUT2D eigenvalue weighted by Crippen LogP contribution is 2.24. The van der Waals surface area contributed by atoms with E-state index in [0.717, 1.165) is 6.42 Å². The van der Waals surface area contributed by atoms with E-state index >= 15 is 0 Å². The molecular formula is C15H15FO. The van der Waals surface area contributed by atoms with Crippen LogP contribution in [0.5, 0.6) is 0 Å². The first-order chi connectivity index (χ1) is 8.15. The highest BCUT2D eigenvalue weighted by molar-refractivity contribution is 6.09. The number of carbonyl (C=O) groups is 1. The molecule has 0 aromatic heterocycles. The summed E-state index contributed by atoms with van der Waals surface area (Å²) >= 11 is 0. The molecule has 0 N–H and O–H groups in total. The van der Waals surface area contributed by atoms with Gasteiger partial charge in [-0.05, 0) is 23.9 Å². The summed E-state index contributed by atoms with van der Waals surface area (Å²) in [7, 11) is 0. The maximum absolute atomic E-state index is 13.6. The Labute approximate surface area is 100 Å². The fraction of sp³-hybridized carbons (Fsp3) is 0.267. The summed E-state index contributed by atoms with van der Waals surface area (Å²) in [6.07, 6.45) is 0.796. The lowest BCUT2D eigenvalue weighted by atomic mass is 9.93. The summed E-state index contributed by atoms with van der Waals surface area (Å²) in [6.45, 7) is 3.88. The van der Waals surface area contributed by atoms with Crippen molar-refractivity contribution in [1.29, 1.82) is 0 Å². The van der Waals surface area contributed by atoms with Gasteiger partial charge in [0.05, 0.1) is 0 Å². The molecule has 2 aromatic rings. The van der Waals surface area contributed by atoms with E-state index in [2.05, 4.69) is 0 Å². The van der Waals surface area contributed by atoms with Crippen LogP contribution in [0, 0.1) is 11.7 Å². The lowest BCUT2D eigenvalue weighted by Gasteiger charge is -2.10. The molecule has 17 heavy (non-hydrogen) atoms. The molecule has 2 rings (SSSR count). The van der Waals surface area contributed by atoms with Gasteiger partial charge in [0.25, 0.3) is 0 Å². The molecule has 0 saturated heterocycles. The van der Waals surface area contributed by atoms with Gasteiger partial charge in [-0.25, -0.2) is 4.39 Å². The molecule has 0 amide bonds. The average Bonchev–Trinajstić information content (AvgIpc) is 2.38. The highest BCUT2D eigenvalue weighted by Gasteiger charge is 2.16. The molecule has 0 spiro atoms. The van der Waals surface area contributed by atoms with Crippen molar-refractivity contribution in [2.75, 3.05) is 0 Å². The van der Waals surface area contributed by atoms with Crippen LogP contribution < -0.4 is 0 Å². The van der Waals surface area contributed by atoms with E-state index in [4.69, 9.17) is 0 Å². The van der Waals surface area contributed by atoms with Gasteiger partial charge in [0.15, 0.2) is 5.78 Å². The fourth-order valence-electron chi connectivity index (χ4n) is 1.93. The normalized spacial score (nSPS) is 12.6. The van der Waals surface area contributed by atoms with Crippen molar-refractivity contribution in [2.24, 2.45) is 5.92 Å². The lowest BCUT2D eigenvalue weighted by Crippen LogP contribution is -2.10. The van der Waals surface area contributed by atoms with Crippen LogP contribution in [-0.4, -0.2) is 5.78 Å². The molecule has 0 aliphatic rings. The van der Waals surface area contributed by atoms with Crippen molar-refractivity contribution in [3.05, 3.63) is 47.8 Å². The fourth-order valence-corrected chi connectivity index (χ4v) is 1.93. The minimum atomic E-state index is -0.277. The van der Waals surface area contributed by atoms with Crippen molar-refractivity contribution < 1.29 is 9.18 Å². The smallest absolute Gasteiger partial charge is 0.166 e. The van der Waals surface area contributed by atoms with Crippen molar-refractivity contribution in [2.45, 2.75) is 20.3 Å². The number of rotatable bonds is 3. The number of carbonyl (C=O) groups excluding carboxylic acids is 1. The summed E-state index contributed by atoms with van der Waals surface area (Å²) in [4.78, 5) is 12.2. The first-order valence-electron chi connectivity index (χ1n) is 5.86. The summed E-state index contributed by atoms with van der Waals surface area (Å²) in [5.41, 5.74) is 0.622. The molecule has 2 heteroatoms. The second-order valence-electron chi connectivity index (χ2n) is 4.31. The van der Waals surface area contributed by atoms with Gasteiger partial charge >= 0.3 is 0 Å². The summed E-state index contributed by atoms with van der Waals surface area (Å²) < 4.78 is 13.6. The molecule has 0 aliphatic heterocycles. The van der Waals surface area contributed by atoms with E-state index in [1.165, 1.54) is 6.07 Å². The Morgan fingerprint density at radius 3 is 2.47 bits per heavy atom. The van der Waals surface area contributed by atoms with Gasteiger partial charge in [-0.1, -0.05) is 38.1 Å². The van der Waals surface area contributed by atoms with Gasteiger partial charge in [-0.2, -0.15) is 0 Å². The van der Waals surface area contributed by atoms with Crippen LogP contribution >= 0.6 is 0 Å².